The second-order valence-corrected chi connectivity index (χ2v) is 5.03. The number of hydrogen-bond donors (Lipinski definition) is 1. The van der Waals surface area contributed by atoms with Crippen molar-refractivity contribution in [2.45, 2.75) is 12.8 Å². The molecule has 1 aromatic heterocycles. The van der Waals surface area contributed by atoms with Crippen molar-refractivity contribution in [1.29, 1.82) is 0 Å². The van der Waals surface area contributed by atoms with Gasteiger partial charge in [0.05, 0.1) is 0 Å². The van der Waals surface area contributed by atoms with E-state index in [-0.39, 0.29) is 5.82 Å². The molecular weight excluding hydrogens is 209 g/mol. The first kappa shape index (κ1) is 9.31. The number of fused-ring (bicyclic) bond motifs is 3. The minimum Gasteiger partial charge on any atom is -0.316 e. The Labute approximate surface area is 91.9 Å². The first-order valence-electron chi connectivity index (χ1n) is 5.25. The first-order chi connectivity index (χ1) is 7.34. The molecule has 0 atom stereocenters. The van der Waals surface area contributed by atoms with Crippen LogP contribution in [-0.4, -0.2) is 13.1 Å². The monoisotopic (exact) mass is 221 g/mol. The van der Waals surface area contributed by atoms with E-state index in [1.807, 2.05) is 6.07 Å². The van der Waals surface area contributed by atoms with Crippen molar-refractivity contribution in [1.82, 2.24) is 5.32 Å². The van der Waals surface area contributed by atoms with Crippen LogP contribution in [0.4, 0.5) is 4.39 Å². The van der Waals surface area contributed by atoms with Crippen LogP contribution in [0.15, 0.2) is 18.2 Å². The van der Waals surface area contributed by atoms with Crippen LogP contribution >= 0.6 is 11.3 Å². The predicted molar refractivity (Wildman–Crippen MR) is 62.1 cm³/mol. The van der Waals surface area contributed by atoms with Crippen molar-refractivity contribution in [2.24, 2.45) is 0 Å². The normalized spacial score (nSPS) is 16.3. The topological polar surface area (TPSA) is 12.0 Å². The van der Waals surface area contributed by atoms with Crippen molar-refractivity contribution in [2.75, 3.05) is 13.1 Å². The van der Waals surface area contributed by atoms with Crippen LogP contribution < -0.4 is 5.32 Å². The molecular formula is C12H12FNS. The first-order valence-corrected chi connectivity index (χ1v) is 6.07. The van der Waals surface area contributed by atoms with E-state index in [1.165, 1.54) is 15.8 Å². The summed E-state index contributed by atoms with van der Waals surface area (Å²) in [4.78, 5) is 1.43. The third-order valence-electron chi connectivity index (χ3n) is 2.92. The smallest absolute Gasteiger partial charge is 0.124 e. The van der Waals surface area contributed by atoms with Gasteiger partial charge in [-0.05, 0) is 49.0 Å². The van der Waals surface area contributed by atoms with Crippen LogP contribution in [0.1, 0.15) is 10.4 Å². The number of halogens is 1. The zero-order chi connectivity index (χ0) is 10.3. The van der Waals surface area contributed by atoms with Gasteiger partial charge in [0.15, 0.2) is 0 Å². The van der Waals surface area contributed by atoms with Gasteiger partial charge in [0, 0.05) is 9.58 Å². The highest BCUT2D eigenvalue weighted by molar-refractivity contribution is 7.19. The average Bonchev–Trinajstić information content (AvgIpc) is 2.42. The fourth-order valence-electron chi connectivity index (χ4n) is 2.19. The maximum absolute atomic E-state index is 13.1. The molecule has 0 saturated carbocycles. The van der Waals surface area contributed by atoms with E-state index in [9.17, 15) is 4.39 Å². The summed E-state index contributed by atoms with van der Waals surface area (Å²) in [5.41, 5.74) is 1.43. The lowest BCUT2D eigenvalue weighted by Gasteiger charge is -1.98. The summed E-state index contributed by atoms with van der Waals surface area (Å²) in [6, 6.07) is 5.14. The molecule has 0 aliphatic carbocycles. The minimum absolute atomic E-state index is 0.128. The molecule has 2 heterocycles. The highest BCUT2D eigenvalue weighted by Crippen LogP contribution is 2.33. The van der Waals surface area contributed by atoms with Crippen molar-refractivity contribution < 1.29 is 4.39 Å². The molecule has 1 aliphatic heterocycles. The Morgan fingerprint density at radius 1 is 1.20 bits per heavy atom. The van der Waals surface area contributed by atoms with Crippen LogP contribution in [0.2, 0.25) is 0 Å². The molecule has 0 amide bonds. The van der Waals surface area contributed by atoms with Crippen molar-refractivity contribution in [3.05, 3.63) is 34.5 Å². The summed E-state index contributed by atoms with van der Waals surface area (Å²) in [6.45, 7) is 2.08. The number of nitrogens with one attached hydrogen (secondary N) is 1. The molecule has 1 nitrogen and oxygen atoms in total. The zero-order valence-electron chi connectivity index (χ0n) is 8.35. The van der Waals surface area contributed by atoms with Gasteiger partial charge in [-0.25, -0.2) is 4.39 Å². The minimum atomic E-state index is -0.128. The van der Waals surface area contributed by atoms with E-state index in [0.717, 1.165) is 30.6 Å². The Balaban J connectivity index is 2.23. The largest absolute Gasteiger partial charge is 0.316 e. The zero-order valence-corrected chi connectivity index (χ0v) is 9.16. The summed E-state index contributed by atoms with van der Waals surface area (Å²) in [7, 11) is 0. The summed E-state index contributed by atoms with van der Waals surface area (Å²) in [5, 5.41) is 4.64. The van der Waals surface area contributed by atoms with E-state index in [4.69, 9.17) is 0 Å². The second kappa shape index (κ2) is 3.58. The number of hydrogen-bond acceptors (Lipinski definition) is 2. The van der Waals surface area contributed by atoms with Crippen LogP contribution in [0.25, 0.3) is 10.1 Å². The van der Waals surface area contributed by atoms with E-state index in [2.05, 4.69) is 5.32 Å². The molecule has 0 unspecified atom stereocenters. The lowest BCUT2D eigenvalue weighted by atomic mass is 10.1. The van der Waals surface area contributed by atoms with E-state index >= 15 is 0 Å². The molecule has 1 aliphatic rings. The maximum atomic E-state index is 13.1. The van der Waals surface area contributed by atoms with Gasteiger partial charge in [0.2, 0.25) is 0 Å². The molecule has 3 rings (SSSR count). The van der Waals surface area contributed by atoms with Crippen LogP contribution in [0.3, 0.4) is 0 Å². The maximum Gasteiger partial charge on any atom is 0.124 e. The number of benzene rings is 1. The average molecular weight is 221 g/mol. The van der Waals surface area contributed by atoms with Crippen LogP contribution in [0.5, 0.6) is 0 Å². The summed E-state index contributed by atoms with van der Waals surface area (Å²) in [6.07, 6.45) is 2.15. The molecule has 1 aromatic carbocycles. The van der Waals surface area contributed by atoms with Gasteiger partial charge in [0.25, 0.3) is 0 Å². The van der Waals surface area contributed by atoms with Gasteiger partial charge in [-0.15, -0.1) is 11.3 Å². The number of thiophene rings is 1. The van der Waals surface area contributed by atoms with Gasteiger partial charge in [-0.2, -0.15) is 0 Å². The molecule has 1 N–H and O–H groups in total. The Morgan fingerprint density at radius 2 is 2.07 bits per heavy atom. The van der Waals surface area contributed by atoms with Crippen LogP contribution in [-0.2, 0) is 12.8 Å². The molecule has 0 radical (unpaired) electrons. The molecule has 2 aromatic rings. The van der Waals surface area contributed by atoms with Gasteiger partial charge >= 0.3 is 0 Å². The second-order valence-electron chi connectivity index (χ2n) is 3.89. The van der Waals surface area contributed by atoms with E-state index in [1.54, 1.807) is 23.5 Å². The fraction of sp³-hybridized carbons (Fsp3) is 0.333. The fourth-order valence-corrected chi connectivity index (χ4v) is 3.47. The molecule has 15 heavy (non-hydrogen) atoms. The Morgan fingerprint density at radius 3 is 3.00 bits per heavy atom. The van der Waals surface area contributed by atoms with Crippen LogP contribution in [0, 0.1) is 5.82 Å². The van der Waals surface area contributed by atoms with Crippen molar-refractivity contribution in [3.63, 3.8) is 0 Å². The molecule has 0 bridgehead atoms. The highest BCUT2D eigenvalue weighted by Gasteiger charge is 2.14. The third-order valence-corrected chi connectivity index (χ3v) is 4.17. The summed E-state index contributed by atoms with van der Waals surface area (Å²) >= 11 is 1.75. The van der Waals surface area contributed by atoms with Crippen molar-refractivity contribution >= 4 is 21.4 Å². The number of rotatable bonds is 0. The molecule has 0 fully saturated rings. The molecule has 78 valence electrons. The molecule has 3 heteroatoms. The lowest BCUT2D eigenvalue weighted by molar-refractivity contribution is 0.630. The van der Waals surface area contributed by atoms with Gasteiger partial charge in [-0.3, -0.25) is 0 Å². The standard InChI is InChI=1S/C12H12FNS/c13-8-1-2-9-10-3-5-14-6-4-11(10)15-12(9)7-8/h1-2,7,14H,3-6H2. The molecule has 0 saturated heterocycles. The van der Waals surface area contributed by atoms with Gasteiger partial charge in [0.1, 0.15) is 5.82 Å². The van der Waals surface area contributed by atoms with E-state index < -0.39 is 0 Å². The SMILES string of the molecule is Fc1ccc2c3c(sc2c1)CCNCC3. The van der Waals surface area contributed by atoms with Gasteiger partial charge < -0.3 is 5.32 Å². The Bertz CT molecular complexity index is 504. The predicted octanol–water partition coefficient (Wildman–Crippen LogP) is 2.73. The lowest BCUT2D eigenvalue weighted by Crippen LogP contribution is -2.16. The quantitative estimate of drug-likeness (QED) is 0.721. The Hall–Kier alpha value is -0.930. The Kier molecular flexibility index (Phi) is 2.22. The molecule has 0 spiro atoms. The van der Waals surface area contributed by atoms with Crippen molar-refractivity contribution in [3.8, 4) is 0 Å². The highest BCUT2D eigenvalue weighted by atomic mass is 32.1. The van der Waals surface area contributed by atoms with E-state index in [0.29, 0.717) is 0 Å². The summed E-state index contributed by atoms with van der Waals surface area (Å²) < 4.78 is 14.2. The third kappa shape index (κ3) is 1.56. The van der Waals surface area contributed by atoms with Gasteiger partial charge in [-0.1, -0.05) is 6.07 Å². The summed E-state index contributed by atoms with van der Waals surface area (Å²) in [5.74, 6) is -0.128.